The first-order chi connectivity index (χ1) is 22.3. The lowest BCUT2D eigenvalue weighted by Crippen LogP contribution is -2.55. The molecule has 248 valence electrons. The maximum absolute atomic E-state index is 13.9. The molecule has 7 rings (SSSR count). The van der Waals surface area contributed by atoms with Gasteiger partial charge in [-0.3, -0.25) is 9.79 Å². The van der Waals surface area contributed by atoms with Gasteiger partial charge in [-0.1, -0.05) is 32.0 Å². The van der Waals surface area contributed by atoms with E-state index in [2.05, 4.69) is 70.3 Å². The molecule has 0 aromatic heterocycles. The number of nitrogens with zero attached hydrogens (tertiary/aromatic N) is 2. The number of methoxy groups -OCH3 is 1. The van der Waals surface area contributed by atoms with Gasteiger partial charge in [0, 0.05) is 29.4 Å². The number of ether oxygens (including phenoxy) is 2. The third kappa shape index (κ3) is 5.37. The molecular formula is C37H46BN3O6. The Morgan fingerprint density at radius 1 is 1.00 bits per heavy atom. The number of aryl methyl sites for hydroxylation is 1. The third-order valence-corrected chi connectivity index (χ3v) is 11.2. The molecule has 9 nitrogen and oxygen atoms in total. The number of benzene rings is 2. The number of likely N-dealkylation sites (tertiary alicyclic amines) is 1. The van der Waals surface area contributed by atoms with Crippen LogP contribution in [-0.2, 0) is 31.9 Å². The van der Waals surface area contributed by atoms with Crippen molar-refractivity contribution in [1.29, 1.82) is 0 Å². The van der Waals surface area contributed by atoms with Crippen LogP contribution in [0.5, 0.6) is 5.75 Å². The van der Waals surface area contributed by atoms with Gasteiger partial charge in [0.15, 0.2) is 0 Å². The average Bonchev–Trinajstić information content (AvgIpc) is 3.70. The van der Waals surface area contributed by atoms with Gasteiger partial charge in [0.2, 0.25) is 5.91 Å². The zero-order chi connectivity index (χ0) is 33.4. The van der Waals surface area contributed by atoms with Crippen LogP contribution in [0.15, 0.2) is 41.0 Å². The van der Waals surface area contributed by atoms with Crippen molar-refractivity contribution >= 4 is 35.9 Å². The number of alkyl carbamates (subject to hydrolysis) is 1. The zero-order valence-corrected chi connectivity index (χ0v) is 28.9. The van der Waals surface area contributed by atoms with Crippen LogP contribution in [0.3, 0.4) is 0 Å². The highest BCUT2D eigenvalue weighted by atomic mass is 16.7. The van der Waals surface area contributed by atoms with E-state index in [1.807, 2.05) is 18.7 Å². The summed E-state index contributed by atoms with van der Waals surface area (Å²) in [5, 5.41) is 2.77. The van der Waals surface area contributed by atoms with E-state index >= 15 is 0 Å². The Morgan fingerprint density at radius 2 is 1.74 bits per heavy atom. The number of rotatable bonds is 5. The predicted molar refractivity (Wildman–Crippen MR) is 183 cm³/mol. The molecule has 0 unspecified atom stereocenters. The van der Waals surface area contributed by atoms with Crippen LogP contribution in [0.4, 0.5) is 4.79 Å². The van der Waals surface area contributed by atoms with Crippen molar-refractivity contribution in [3.05, 3.63) is 52.7 Å². The van der Waals surface area contributed by atoms with E-state index in [0.29, 0.717) is 13.0 Å². The van der Waals surface area contributed by atoms with Gasteiger partial charge in [-0.25, -0.2) is 4.79 Å². The molecule has 3 atom stereocenters. The fourth-order valence-corrected chi connectivity index (χ4v) is 7.73. The summed E-state index contributed by atoms with van der Waals surface area (Å²) in [6, 6.07) is 10.3. The Balaban J connectivity index is 1.12. The van der Waals surface area contributed by atoms with Gasteiger partial charge in [0.1, 0.15) is 18.4 Å². The average molecular weight is 640 g/mol. The van der Waals surface area contributed by atoms with E-state index in [-0.39, 0.29) is 23.9 Å². The highest BCUT2D eigenvalue weighted by molar-refractivity contribution is 6.62. The Kier molecular flexibility index (Phi) is 7.83. The highest BCUT2D eigenvalue weighted by Gasteiger charge is 2.52. The van der Waals surface area contributed by atoms with Crippen LogP contribution in [0.2, 0.25) is 0 Å². The van der Waals surface area contributed by atoms with Gasteiger partial charge in [-0.15, -0.1) is 0 Å². The number of fused-ring (bicyclic) bond motifs is 5. The molecule has 2 fully saturated rings. The first-order valence-corrected chi connectivity index (χ1v) is 17.0. The molecular weight excluding hydrogens is 593 g/mol. The zero-order valence-electron chi connectivity index (χ0n) is 28.9. The van der Waals surface area contributed by atoms with E-state index in [1.165, 1.54) is 29.4 Å². The highest BCUT2D eigenvalue weighted by Crippen LogP contribution is 2.47. The molecule has 1 N–H and O–H groups in total. The summed E-state index contributed by atoms with van der Waals surface area (Å²) in [7, 11) is 0.908. The summed E-state index contributed by atoms with van der Waals surface area (Å²) in [4.78, 5) is 33.1. The quantitative estimate of drug-likeness (QED) is 0.415. The smallest absolute Gasteiger partial charge is 0.488 e. The van der Waals surface area contributed by atoms with Gasteiger partial charge in [-0.2, -0.15) is 0 Å². The Bertz CT molecular complexity index is 1700. The SMILES string of the molecule is COC(=O)N[C@H](C(=O)N1[C@@H](C)CC[C@H]1C1=NC2=C(C1)c1cc3c(cc1CC2)-c1ccc(B2OC(C)(C)C(C)(C)O2)cc1CO3)C(C)C. The monoisotopic (exact) mass is 639 g/mol. The Labute approximate surface area is 278 Å². The number of allylic oxidation sites excluding steroid dienone is 2. The van der Waals surface area contributed by atoms with Crippen LogP contribution in [0, 0.1) is 5.92 Å². The number of hydrogen-bond acceptors (Lipinski definition) is 7. The van der Waals surface area contributed by atoms with Crippen LogP contribution in [0.25, 0.3) is 16.7 Å². The van der Waals surface area contributed by atoms with Gasteiger partial charge in [-0.05, 0) is 112 Å². The van der Waals surface area contributed by atoms with Gasteiger partial charge in [0.05, 0.1) is 24.4 Å². The molecule has 4 heterocycles. The summed E-state index contributed by atoms with van der Waals surface area (Å²) in [6.07, 6.45) is 3.66. The topological polar surface area (TPSA) is 98.7 Å². The molecule has 5 aliphatic rings. The normalized spacial score (nSPS) is 24.2. The standard InChI is InChI=1S/C37H46BN3O6/c1-20(2)33(40-35(43)44-8)34(42)41-21(3)9-14-31(41)30-17-27-26-18-32-28(16-22(26)10-13-29(27)39-30)25-12-11-24(15-23(25)19-45-32)38-46-36(4,5)37(6,7)47-38/h11-12,15-16,18,20-21,31,33H,9-10,13-14,17,19H2,1-8H3,(H,40,43)/t21-,31-,33-/m0/s1. The Hall–Kier alpha value is -3.63. The summed E-state index contributed by atoms with van der Waals surface area (Å²) in [6.45, 7) is 14.8. The molecule has 2 aromatic carbocycles. The van der Waals surface area contributed by atoms with Gasteiger partial charge >= 0.3 is 13.2 Å². The minimum Gasteiger partial charge on any atom is -0.488 e. The van der Waals surface area contributed by atoms with Crippen molar-refractivity contribution < 1.29 is 28.4 Å². The number of nitrogens with one attached hydrogen (secondary N) is 1. The second kappa shape index (κ2) is 11.5. The maximum atomic E-state index is 13.9. The predicted octanol–water partition coefficient (Wildman–Crippen LogP) is 5.81. The molecule has 2 saturated heterocycles. The van der Waals surface area contributed by atoms with Crippen molar-refractivity contribution in [2.75, 3.05) is 7.11 Å². The van der Waals surface area contributed by atoms with Crippen LogP contribution in [0.1, 0.15) is 90.8 Å². The lowest BCUT2D eigenvalue weighted by molar-refractivity contribution is -0.135. The van der Waals surface area contributed by atoms with Crippen molar-refractivity contribution in [3.8, 4) is 16.9 Å². The number of hydrogen-bond donors (Lipinski definition) is 1. The van der Waals surface area contributed by atoms with E-state index in [0.717, 1.165) is 59.4 Å². The van der Waals surface area contributed by atoms with Gasteiger partial charge < -0.3 is 29.0 Å². The number of carbonyl (C=O) groups is 2. The lowest BCUT2D eigenvalue weighted by Gasteiger charge is -2.34. The van der Waals surface area contributed by atoms with E-state index in [9.17, 15) is 9.59 Å². The maximum Gasteiger partial charge on any atom is 0.494 e. The van der Waals surface area contributed by atoms with Crippen molar-refractivity contribution in [2.45, 2.75) is 117 Å². The van der Waals surface area contributed by atoms with Gasteiger partial charge in [0.25, 0.3) is 0 Å². The van der Waals surface area contributed by atoms with Crippen LogP contribution in [-0.4, -0.2) is 66.2 Å². The van der Waals surface area contributed by atoms with E-state index in [1.54, 1.807) is 0 Å². The number of amides is 2. The van der Waals surface area contributed by atoms with Crippen molar-refractivity contribution in [2.24, 2.45) is 10.9 Å². The molecule has 2 amide bonds. The van der Waals surface area contributed by atoms with E-state index < -0.39 is 30.5 Å². The molecule has 0 bridgehead atoms. The third-order valence-electron chi connectivity index (χ3n) is 11.2. The van der Waals surface area contributed by atoms with E-state index in [4.69, 9.17) is 23.8 Å². The van der Waals surface area contributed by atoms with Crippen molar-refractivity contribution in [1.82, 2.24) is 10.2 Å². The molecule has 10 heteroatoms. The second-order valence-electron chi connectivity index (χ2n) is 15.0. The summed E-state index contributed by atoms with van der Waals surface area (Å²) in [5.41, 5.74) is 9.58. The number of carbonyl (C=O) groups excluding carboxylic acids is 2. The molecule has 2 aromatic rings. The Morgan fingerprint density at radius 3 is 2.45 bits per heavy atom. The molecule has 0 saturated carbocycles. The fraction of sp³-hybridized carbons (Fsp3) is 0.541. The molecule has 1 aliphatic carbocycles. The second-order valence-corrected chi connectivity index (χ2v) is 15.0. The molecule has 0 spiro atoms. The summed E-state index contributed by atoms with van der Waals surface area (Å²) in [5.74, 6) is 0.739. The van der Waals surface area contributed by atoms with Crippen molar-refractivity contribution in [3.63, 3.8) is 0 Å². The van der Waals surface area contributed by atoms with Crippen LogP contribution < -0.4 is 15.5 Å². The molecule has 47 heavy (non-hydrogen) atoms. The largest absolute Gasteiger partial charge is 0.494 e. The molecule has 4 aliphatic heterocycles. The summed E-state index contributed by atoms with van der Waals surface area (Å²) < 4.78 is 23.9. The molecule has 0 radical (unpaired) electrons. The first-order valence-electron chi connectivity index (χ1n) is 17.0. The number of aliphatic imine (C=N–C) groups is 1. The first kappa shape index (κ1) is 31.9. The lowest BCUT2D eigenvalue weighted by atomic mass is 9.76. The summed E-state index contributed by atoms with van der Waals surface area (Å²) >= 11 is 0. The minimum absolute atomic E-state index is 0.0617. The fourth-order valence-electron chi connectivity index (χ4n) is 7.73. The minimum atomic E-state index is -0.657. The van der Waals surface area contributed by atoms with Crippen LogP contribution >= 0.6 is 0 Å².